The lowest BCUT2D eigenvalue weighted by atomic mass is 10.0. The van der Waals surface area contributed by atoms with E-state index in [1.165, 1.54) is 0 Å². The highest BCUT2D eigenvalue weighted by molar-refractivity contribution is 5.88. The van der Waals surface area contributed by atoms with E-state index in [0.717, 1.165) is 31.3 Å². The van der Waals surface area contributed by atoms with Gasteiger partial charge in [-0.1, -0.05) is 18.2 Å². The Balaban J connectivity index is 2.58. The largest absolute Gasteiger partial charge is 0.457 e. The van der Waals surface area contributed by atoms with Gasteiger partial charge in [0.1, 0.15) is 5.60 Å². The molecule has 1 aliphatic carbocycles. The molecule has 0 radical (unpaired) electrons. The van der Waals surface area contributed by atoms with Crippen LogP contribution in [0.5, 0.6) is 0 Å². The molecule has 1 aliphatic rings. The van der Waals surface area contributed by atoms with Gasteiger partial charge in [-0.05, 0) is 46.5 Å². The Morgan fingerprint density at radius 2 is 1.87 bits per heavy atom. The van der Waals surface area contributed by atoms with Crippen LogP contribution in [0.15, 0.2) is 23.8 Å². The van der Waals surface area contributed by atoms with Crippen LogP contribution in [0.2, 0.25) is 0 Å². The zero-order valence-corrected chi connectivity index (χ0v) is 9.88. The van der Waals surface area contributed by atoms with Crippen LogP contribution < -0.4 is 0 Å². The van der Waals surface area contributed by atoms with E-state index in [1.54, 1.807) is 0 Å². The molecule has 15 heavy (non-hydrogen) atoms. The Hall–Kier alpha value is -1.05. The molecule has 0 fully saturated rings. The number of esters is 1. The summed E-state index contributed by atoms with van der Waals surface area (Å²) in [5, 5.41) is 0. The van der Waals surface area contributed by atoms with Crippen molar-refractivity contribution in [2.45, 2.75) is 52.1 Å². The summed E-state index contributed by atoms with van der Waals surface area (Å²) in [5.41, 5.74) is 0.435. The summed E-state index contributed by atoms with van der Waals surface area (Å²) in [4.78, 5) is 11.8. The highest BCUT2D eigenvalue weighted by Gasteiger charge is 2.19. The predicted octanol–water partition coefficient (Wildman–Crippen LogP) is 3.38. The first-order valence-corrected chi connectivity index (χ1v) is 5.56. The maximum atomic E-state index is 11.8. The van der Waals surface area contributed by atoms with Gasteiger partial charge in [-0.2, -0.15) is 0 Å². The van der Waals surface area contributed by atoms with E-state index in [9.17, 15) is 4.79 Å². The van der Waals surface area contributed by atoms with Crippen molar-refractivity contribution in [3.63, 3.8) is 0 Å². The third-order valence-electron chi connectivity index (χ3n) is 2.13. The highest BCUT2D eigenvalue weighted by Crippen LogP contribution is 2.17. The summed E-state index contributed by atoms with van der Waals surface area (Å²) >= 11 is 0. The van der Waals surface area contributed by atoms with Crippen molar-refractivity contribution in [3.05, 3.63) is 23.8 Å². The van der Waals surface area contributed by atoms with Crippen LogP contribution in [-0.2, 0) is 9.53 Å². The number of hydrogen-bond acceptors (Lipinski definition) is 2. The van der Waals surface area contributed by atoms with E-state index in [0.29, 0.717) is 0 Å². The lowest BCUT2D eigenvalue weighted by Crippen LogP contribution is -2.25. The van der Waals surface area contributed by atoms with Gasteiger partial charge in [-0.25, -0.2) is 4.79 Å². The molecule has 0 N–H and O–H groups in total. The summed E-state index contributed by atoms with van der Waals surface area (Å²) in [6.45, 7) is 5.69. The van der Waals surface area contributed by atoms with Crippen LogP contribution in [-0.4, -0.2) is 11.6 Å². The van der Waals surface area contributed by atoms with Crippen molar-refractivity contribution >= 4 is 5.97 Å². The molecule has 0 unspecified atom stereocenters. The molecular weight excluding hydrogens is 188 g/mol. The van der Waals surface area contributed by atoms with Crippen molar-refractivity contribution in [2.24, 2.45) is 0 Å². The molecule has 1 rings (SSSR count). The van der Waals surface area contributed by atoms with Crippen LogP contribution in [0.1, 0.15) is 46.5 Å². The first-order valence-electron chi connectivity index (χ1n) is 5.56. The fraction of sp³-hybridized carbons (Fsp3) is 0.615. The maximum absolute atomic E-state index is 11.8. The van der Waals surface area contributed by atoms with Crippen molar-refractivity contribution in [2.75, 3.05) is 0 Å². The number of rotatable bonds is 1. The van der Waals surface area contributed by atoms with Crippen molar-refractivity contribution < 1.29 is 9.53 Å². The Labute approximate surface area is 92.0 Å². The Bertz CT molecular complexity index is 279. The Morgan fingerprint density at radius 3 is 2.53 bits per heavy atom. The standard InChI is InChI=1S/C13H20O2/c1-13(2,3)15-12(14)11-9-7-5-4-6-8-10-11/h4-5,10H,6-9H2,1-3H3/b5-4-,11-10+. The first-order chi connectivity index (χ1) is 6.99. The van der Waals surface area contributed by atoms with Gasteiger partial charge >= 0.3 is 5.97 Å². The Kier molecular flexibility index (Phi) is 4.13. The maximum Gasteiger partial charge on any atom is 0.334 e. The zero-order chi connectivity index (χ0) is 11.3. The van der Waals surface area contributed by atoms with Gasteiger partial charge in [0.2, 0.25) is 0 Å². The molecule has 0 spiro atoms. The van der Waals surface area contributed by atoms with Gasteiger partial charge in [0.05, 0.1) is 0 Å². The van der Waals surface area contributed by atoms with Crippen molar-refractivity contribution in [1.82, 2.24) is 0 Å². The monoisotopic (exact) mass is 208 g/mol. The van der Waals surface area contributed by atoms with Crippen LogP contribution in [0.25, 0.3) is 0 Å². The lowest BCUT2D eigenvalue weighted by molar-refractivity contribution is -0.150. The molecule has 0 saturated carbocycles. The van der Waals surface area contributed by atoms with Gasteiger partial charge in [0.25, 0.3) is 0 Å². The van der Waals surface area contributed by atoms with Gasteiger partial charge < -0.3 is 4.74 Å². The van der Waals surface area contributed by atoms with Crippen LogP contribution in [0, 0.1) is 0 Å². The molecule has 84 valence electrons. The van der Waals surface area contributed by atoms with E-state index in [2.05, 4.69) is 12.2 Å². The molecule has 0 atom stereocenters. The second-order valence-electron chi connectivity index (χ2n) is 4.82. The van der Waals surface area contributed by atoms with E-state index in [4.69, 9.17) is 4.74 Å². The van der Waals surface area contributed by atoms with E-state index >= 15 is 0 Å². The average molecular weight is 208 g/mol. The van der Waals surface area contributed by atoms with E-state index < -0.39 is 5.60 Å². The second-order valence-corrected chi connectivity index (χ2v) is 4.82. The molecule has 0 aliphatic heterocycles. The normalized spacial score (nSPS) is 23.3. The predicted molar refractivity (Wildman–Crippen MR) is 61.5 cm³/mol. The zero-order valence-electron chi connectivity index (χ0n) is 9.88. The highest BCUT2D eigenvalue weighted by atomic mass is 16.6. The first kappa shape index (κ1) is 12.0. The molecule has 0 aromatic carbocycles. The SMILES string of the molecule is CC(C)(C)OC(=O)/C1=C/CC/C=C\CC1. The van der Waals surface area contributed by atoms with E-state index in [1.807, 2.05) is 26.8 Å². The minimum Gasteiger partial charge on any atom is -0.457 e. The van der Waals surface area contributed by atoms with Gasteiger partial charge in [0, 0.05) is 5.57 Å². The van der Waals surface area contributed by atoms with Gasteiger partial charge in [-0.3, -0.25) is 0 Å². The summed E-state index contributed by atoms with van der Waals surface area (Å²) in [7, 11) is 0. The smallest absolute Gasteiger partial charge is 0.334 e. The summed E-state index contributed by atoms with van der Waals surface area (Å²) in [5.74, 6) is -0.155. The molecule has 0 aromatic heterocycles. The summed E-state index contributed by atoms with van der Waals surface area (Å²) < 4.78 is 5.34. The third kappa shape index (κ3) is 4.82. The number of carbonyl (C=O) groups is 1. The lowest BCUT2D eigenvalue weighted by Gasteiger charge is -2.20. The fourth-order valence-electron chi connectivity index (χ4n) is 1.46. The van der Waals surface area contributed by atoms with Gasteiger partial charge in [-0.15, -0.1) is 0 Å². The van der Waals surface area contributed by atoms with E-state index in [-0.39, 0.29) is 5.97 Å². The molecule has 2 heteroatoms. The number of ether oxygens (including phenoxy) is 1. The van der Waals surface area contributed by atoms with Crippen molar-refractivity contribution in [3.8, 4) is 0 Å². The minimum absolute atomic E-state index is 0.155. The molecule has 0 saturated heterocycles. The van der Waals surface area contributed by atoms with Crippen LogP contribution in [0.4, 0.5) is 0 Å². The quantitative estimate of drug-likeness (QED) is 0.487. The molecule has 2 nitrogen and oxygen atoms in total. The average Bonchev–Trinajstić information content (AvgIpc) is 1.98. The summed E-state index contributed by atoms with van der Waals surface area (Å²) in [6.07, 6.45) is 10.0. The molecule has 0 amide bonds. The minimum atomic E-state index is -0.393. The second kappa shape index (κ2) is 5.15. The number of carbonyl (C=O) groups excluding carboxylic acids is 1. The number of hydrogen-bond donors (Lipinski definition) is 0. The topological polar surface area (TPSA) is 26.3 Å². The number of allylic oxidation sites excluding steroid dienone is 3. The van der Waals surface area contributed by atoms with Crippen molar-refractivity contribution in [1.29, 1.82) is 0 Å². The molecule has 0 bridgehead atoms. The fourth-order valence-corrected chi connectivity index (χ4v) is 1.46. The van der Waals surface area contributed by atoms with Crippen LogP contribution in [0.3, 0.4) is 0 Å². The molecule has 0 aromatic rings. The summed E-state index contributed by atoms with van der Waals surface area (Å²) in [6, 6.07) is 0. The Morgan fingerprint density at radius 1 is 1.20 bits per heavy atom. The third-order valence-corrected chi connectivity index (χ3v) is 2.13. The molecule has 0 heterocycles. The molecular formula is C13H20O2. The van der Waals surface area contributed by atoms with Crippen LogP contribution >= 0.6 is 0 Å². The van der Waals surface area contributed by atoms with Gasteiger partial charge in [0.15, 0.2) is 0 Å².